The number of hydrogen-bond acceptors (Lipinski definition) is 3. The predicted molar refractivity (Wildman–Crippen MR) is 80.2 cm³/mol. The third kappa shape index (κ3) is 2.60. The van der Waals surface area contributed by atoms with E-state index in [4.69, 9.17) is 22.1 Å². The number of nitrogens with two attached hydrogens (primary N) is 1. The molecule has 1 atom stereocenters. The van der Waals surface area contributed by atoms with E-state index in [0.29, 0.717) is 23.7 Å². The summed E-state index contributed by atoms with van der Waals surface area (Å²) in [5.74, 6) is 0.879. The summed E-state index contributed by atoms with van der Waals surface area (Å²) in [6, 6.07) is 11.1. The first-order valence-corrected chi connectivity index (χ1v) is 6.99. The second-order valence-corrected chi connectivity index (χ2v) is 5.47. The van der Waals surface area contributed by atoms with Crippen LogP contribution >= 0.6 is 11.6 Å². The Labute approximate surface area is 122 Å². The fourth-order valence-electron chi connectivity index (χ4n) is 2.54. The van der Waals surface area contributed by atoms with Crippen LogP contribution < -0.4 is 10.5 Å². The number of rotatable bonds is 3. The van der Waals surface area contributed by atoms with Gasteiger partial charge in [0.25, 0.3) is 0 Å². The highest BCUT2D eigenvalue weighted by Gasteiger charge is 2.20. The first kappa shape index (κ1) is 13.3. The Bertz CT molecular complexity index is 625. The molecule has 0 aliphatic carbocycles. The van der Waals surface area contributed by atoms with Crippen LogP contribution in [-0.4, -0.2) is 11.7 Å². The smallest absolute Gasteiger partial charge is 0.126 e. The highest BCUT2D eigenvalue weighted by atomic mass is 35.5. The number of anilines is 1. The Morgan fingerprint density at radius 3 is 2.75 bits per heavy atom. The van der Waals surface area contributed by atoms with Crippen LogP contribution in [0.2, 0.25) is 5.02 Å². The number of aliphatic hydroxyl groups excluding tert-OH is 1. The molecule has 3 rings (SSSR count). The van der Waals surface area contributed by atoms with E-state index in [-0.39, 0.29) is 0 Å². The van der Waals surface area contributed by atoms with Gasteiger partial charge in [0.15, 0.2) is 0 Å². The number of fused-ring (bicyclic) bond motifs is 1. The van der Waals surface area contributed by atoms with Crippen molar-refractivity contribution in [2.75, 3.05) is 12.3 Å². The molecular weight excluding hydrogens is 274 g/mol. The first-order chi connectivity index (χ1) is 9.63. The molecule has 3 nitrogen and oxygen atoms in total. The number of halogens is 1. The summed E-state index contributed by atoms with van der Waals surface area (Å²) in [7, 11) is 0. The van der Waals surface area contributed by atoms with Gasteiger partial charge in [-0.25, -0.2) is 0 Å². The van der Waals surface area contributed by atoms with Gasteiger partial charge in [0.1, 0.15) is 5.75 Å². The molecule has 0 saturated carbocycles. The minimum atomic E-state index is -0.595. The standard InChI is InChI=1S/C16H16ClNO2/c17-13-7-11-5-6-20-16(11)12(8-13)9-15(19)10-1-3-14(18)4-2-10/h1-4,7-8,15,19H,5-6,9,18H2. The normalized spacial score (nSPS) is 14.7. The summed E-state index contributed by atoms with van der Waals surface area (Å²) < 4.78 is 5.65. The summed E-state index contributed by atoms with van der Waals surface area (Å²) >= 11 is 6.13. The maximum absolute atomic E-state index is 10.3. The molecule has 0 radical (unpaired) electrons. The van der Waals surface area contributed by atoms with Crippen LogP contribution in [0.25, 0.3) is 0 Å². The highest BCUT2D eigenvalue weighted by molar-refractivity contribution is 6.30. The van der Waals surface area contributed by atoms with Crippen LogP contribution in [0, 0.1) is 0 Å². The third-order valence-corrected chi connectivity index (χ3v) is 3.78. The van der Waals surface area contributed by atoms with Crippen LogP contribution in [-0.2, 0) is 12.8 Å². The quantitative estimate of drug-likeness (QED) is 0.854. The van der Waals surface area contributed by atoms with Gasteiger partial charge in [-0.05, 0) is 41.0 Å². The molecule has 0 saturated heterocycles. The van der Waals surface area contributed by atoms with E-state index in [1.54, 1.807) is 12.1 Å². The molecule has 3 N–H and O–H groups in total. The maximum atomic E-state index is 10.3. The lowest BCUT2D eigenvalue weighted by Gasteiger charge is -2.14. The van der Waals surface area contributed by atoms with E-state index in [1.807, 2.05) is 24.3 Å². The summed E-state index contributed by atoms with van der Waals surface area (Å²) in [5, 5.41) is 11.0. The van der Waals surface area contributed by atoms with E-state index < -0.39 is 6.10 Å². The molecule has 0 fully saturated rings. The van der Waals surface area contributed by atoms with Crippen molar-refractivity contribution < 1.29 is 9.84 Å². The topological polar surface area (TPSA) is 55.5 Å². The van der Waals surface area contributed by atoms with Crippen molar-refractivity contribution in [2.45, 2.75) is 18.9 Å². The van der Waals surface area contributed by atoms with Crippen molar-refractivity contribution in [3.05, 3.63) is 58.1 Å². The van der Waals surface area contributed by atoms with Crippen LogP contribution in [0.3, 0.4) is 0 Å². The van der Waals surface area contributed by atoms with Gasteiger partial charge in [-0.15, -0.1) is 0 Å². The number of aliphatic hydroxyl groups is 1. The zero-order chi connectivity index (χ0) is 14.1. The van der Waals surface area contributed by atoms with E-state index in [1.165, 1.54) is 0 Å². The molecule has 20 heavy (non-hydrogen) atoms. The number of ether oxygens (including phenoxy) is 1. The maximum Gasteiger partial charge on any atom is 0.126 e. The van der Waals surface area contributed by atoms with Crippen LogP contribution in [0.4, 0.5) is 5.69 Å². The zero-order valence-corrected chi connectivity index (χ0v) is 11.7. The molecule has 2 aromatic rings. The first-order valence-electron chi connectivity index (χ1n) is 6.61. The second kappa shape index (κ2) is 5.35. The molecule has 2 aromatic carbocycles. The molecule has 104 valence electrons. The predicted octanol–water partition coefficient (Wildman–Crippen LogP) is 3.13. The molecule has 1 heterocycles. The van der Waals surface area contributed by atoms with Gasteiger partial charge in [-0.3, -0.25) is 0 Å². The number of nitrogen functional groups attached to an aromatic ring is 1. The minimum absolute atomic E-state index is 0.479. The van der Waals surface area contributed by atoms with E-state index in [2.05, 4.69) is 0 Å². The van der Waals surface area contributed by atoms with E-state index >= 15 is 0 Å². The second-order valence-electron chi connectivity index (χ2n) is 5.04. The molecule has 1 unspecified atom stereocenters. The summed E-state index contributed by atoms with van der Waals surface area (Å²) in [4.78, 5) is 0. The van der Waals surface area contributed by atoms with Gasteiger partial charge in [0.05, 0.1) is 12.7 Å². The van der Waals surface area contributed by atoms with Gasteiger partial charge in [-0.1, -0.05) is 23.7 Å². The average molecular weight is 290 g/mol. The molecule has 0 amide bonds. The van der Waals surface area contributed by atoms with E-state index in [9.17, 15) is 5.11 Å². The molecule has 1 aliphatic rings. The molecular formula is C16H16ClNO2. The Morgan fingerprint density at radius 2 is 2.00 bits per heavy atom. The van der Waals surface area contributed by atoms with Gasteiger partial charge in [0.2, 0.25) is 0 Å². The zero-order valence-electron chi connectivity index (χ0n) is 11.0. The molecule has 4 heteroatoms. The molecule has 0 spiro atoms. The van der Waals surface area contributed by atoms with Gasteiger partial charge in [0, 0.05) is 23.6 Å². The van der Waals surface area contributed by atoms with Gasteiger partial charge in [-0.2, -0.15) is 0 Å². The van der Waals surface area contributed by atoms with Gasteiger partial charge < -0.3 is 15.6 Å². The van der Waals surface area contributed by atoms with Crippen molar-refractivity contribution in [2.24, 2.45) is 0 Å². The Balaban J connectivity index is 1.86. The lowest BCUT2D eigenvalue weighted by Crippen LogP contribution is -2.03. The molecule has 0 aromatic heterocycles. The third-order valence-electron chi connectivity index (χ3n) is 3.56. The van der Waals surface area contributed by atoms with Crippen molar-refractivity contribution >= 4 is 17.3 Å². The molecule has 1 aliphatic heterocycles. The number of benzene rings is 2. The fraction of sp³-hybridized carbons (Fsp3) is 0.250. The Kier molecular flexibility index (Phi) is 3.55. The van der Waals surface area contributed by atoms with Crippen molar-refractivity contribution in [3.63, 3.8) is 0 Å². The Morgan fingerprint density at radius 1 is 1.25 bits per heavy atom. The monoisotopic (exact) mass is 289 g/mol. The van der Waals surface area contributed by atoms with Crippen molar-refractivity contribution in [1.29, 1.82) is 0 Å². The van der Waals surface area contributed by atoms with Crippen molar-refractivity contribution in [3.8, 4) is 5.75 Å². The lowest BCUT2D eigenvalue weighted by atomic mass is 9.98. The Hall–Kier alpha value is -1.71. The fourth-order valence-corrected chi connectivity index (χ4v) is 2.81. The van der Waals surface area contributed by atoms with Crippen LogP contribution in [0.5, 0.6) is 5.75 Å². The highest BCUT2D eigenvalue weighted by Crippen LogP contribution is 2.35. The minimum Gasteiger partial charge on any atom is -0.493 e. The SMILES string of the molecule is Nc1ccc(C(O)Cc2cc(Cl)cc3c2OCC3)cc1. The lowest BCUT2D eigenvalue weighted by molar-refractivity contribution is 0.177. The van der Waals surface area contributed by atoms with Crippen LogP contribution in [0.1, 0.15) is 22.8 Å². The van der Waals surface area contributed by atoms with E-state index in [0.717, 1.165) is 28.9 Å². The molecule has 0 bridgehead atoms. The summed E-state index contributed by atoms with van der Waals surface area (Å²) in [6.45, 7) is 0.681. The summed E-state index contributed by atoms with van der Waals surface area (Å²) in [5.41, 5.74) is 9.26. The summed E-state index contributed by atoms with van der Waals surface area (Å²) in [6.07, 6.45) is 0.760. The largest absolute Gasteiger partial charge is 0.493 e. The van der Waals surface area contributed by atoms with Gasteiger partial charge >= 0.3 is 0 Å². The van der Waals surface area contributed by atoms with Crippen molar-refractivity contribution in [1.82, 2.24) is 0 Å². The number of hydrogen-bond donors (Lipinski definition) is 2. The van der Waals surface area contributed by atoms with Crippen LogP contribution in [0.15, 0.2) is 36.4 Å². The average Bonchev–Trinajstić information content (AvgIpc) is 2.87.